The van der Waals surface area contributed by atoms with Crippen LogP contribution < -0.4 is 10.9 Å². The molecule has 1 N–H and O–H groups in total. The van der Waals surface area contributed by atoms with Gasteiger partial charge in [-0.3, -0.25) is 14.9 Å². The molecule has 10 heteroatoms. The SMILES string of the molecule is CCOC(=O)Nc1ccc2c(COC(=O)C3CCN(C(=O)c4ccco4)CC3)cc(=O)oc2c1. The maximum atomic E-state index is 12.6. The number of furan rings is 1. The first kappa shape index (κ1) is 23.1. The Morgan fingerprint density at radius 3 is 2.62 bits per heavy atom. The molecule has 1 fully saturated rings. The highest BCUT2D eigenvalue weighted by Gasteiger charge is 2.29. The van der Waals surface area contributed by atoms with E-state index in [-0.39, 0.29) is 42.4 Å². The van der Waals surface area contributed by atoms with Crippen molar-refractivity contribution in [3.05, 3.63) is 64.4 Å². The lowest BCUT2D eigenvalue weighted by Crippen LogP contribution is -2.40. The van der Waals surface area contributed by atoms with E-state index in [0.717, 1.165) is 0 Å². The minimum absolute atomic E-state index is 0.100. The zero-order valence-electron chi connectivity index (χ0n) is 18.6. The molecule has 1 aliphatic heterocycles. The van der Waals surface area contributed by atoms with E-state index in [2.05, 4.69) is 5.32 Å². The number of fused-ring (bicyclic) bond motifs is 1. The molecule has 0 unspecified atom stereocenters. The van der Waals surface area contributed by atoms with Crippen molar-refractivity contribution in [2.75, 3.05) is 25.0 Å². The number of piperidine rings is 1. The molecule has 0 spiro atoms. The van der Waals surface area contributed by atoms with Gasteiger partial charge in [-0.05, 0) is 44.0 Å². The van der Waals surface area contributed by atoms with Gasteiger partial charge in [0.25, 0.3) is 5.91 Å². The van der Waals surface area contributed by atoms with Gasteiger partial charge in [0.05, 0.1) is 18.8 Å². The van der Waals surface area contributed by atoms with E-state index in [1.807, 2.05) is 0 Å². The number of hydrogen-bond acceptors (Lipinski definition) is 8. The van der Waals surface area contributed by atoms with Crippen LogP contribution in [0.3, 0.4) is 0 Å². The van der Waals surface area contributed by atoms with Gasteiger partial charge in [0, 0.05) is 41.9 Å². The van der Waals surface area contributed by atoms with Crippen LogP contribution in [0.4, 0.5) is 10.5 Å². The summed E-state index contributed by atoms with van der Waals surface area (Å²) in [5.41, 5.74) is 0.543. The molecule has 0 aliphatic carbocycles. The van der Waals surface area contributed by atoms with Gasteiger partial charge in [-0.25, -0.2) is 9.59 Å². The van der Waals surface area contributed by atoms with Gasteiger partial charge >= 0.3 is 17.7 Å². The fourth-order valence-corrected chi connectivity index (χ4v) is 3.85. The number of nitrogens with zero attached hydrogens (tertiary/aromatic N) is 1. The Balaban J connectivity index is 1.37. The number of esters is 1. The second-order valence-electron chi connectivity index (χ2n) is 7.80. The highest BCUT2D eigenvalue weighted by atomic mass is 16.5. The smallest absolute Gasteiger partial charge is 0.411 e. The van der Waals surface area contributed by atoms with Crippen LogP contribution in [-0.4, -0.2) is 42.6 Å². The number of anilines is 1. The molecular formula is C24H24N2O8. The van der Waals surface area contributed by atoms with E-state index in [4.69, 9.17) is 18.3 Å². The van der Waals surface area contributed by atoms with Gasteiger partial charge in [-0.15, -0.1) is 0 Å². The fourth-order valence-electron chi connectivity index (χ4n) is 3.85. The Morgan fingerprint density at radius 1 is 1.12 bits per heavy atom. The van der Waals surface area contributed by atoms with Gasteiger partial charge in [0.1, 0.15) is 12.2 Å². The average Bonchev–Trinajstić information content (AvgIpc) is 3.37. The van der Waals surface area contributed by atoms with E-state index in [0.29, 0.717) is 42.6 Å². The molecule has 0 bridgehead atoms. The number of benzene rings is 1. The molecule has 1 aliphatic rings. The van der Waals surface area contributed by atoms with Crippen molar-refractivity contribution in [1.82, 2.24) is 4.90 Å². The van der Waals surface area contributed by atoms with Crippen molar-refractivity contribution >= 4 is 34.6 Å². The third-order valence-electron chi connectivity index (χ3n) is 5.57. The van der Waals surface area contributed by atoms with Crippen molar-refractivity contribution in [1.29, 1.82) is 0 Å². The minimum Gasteiger partial charge on any atom is -0.461 e. The summed E-state index contributed by atoms with van der Waals surface area (Å²) in [4.78, 5) is 50.3. The second-order valence-corrected chi connectivity index (χ2v) is 7.80. The molecule has 0 atom stereocenters. The predicted octanol–water partition coefficient (Wildman–Crippen LogP) is 3.55. The van der Waals surface area contributed by atoms with E-state index < -0.39 is 11.7 Å². The predicted molar refractivity (Wildman–Crippen MR) is 120 cm³/mol. The number of ether oxygens (including phenoxy) is 2. The molecule has 1 saturated heterocycles. The van der Waals surface area contributed by atoms with Crippen molar-refractivity contribution in [2.24, 2.45) is 5.92 Å². The lowest BCUT2D eigenvalue weighted by Gasteiger charge is -2.30. The van der Waals surface area contributed by atoms with Crippen LogP contribution in [-0.2, 0) is 20.9 Å². The Hall–Kier alpha value is -4.08. The molecule has 34 heavy (non-hydrogen) atoms. The van der Waals surface area contributed by atoms with Gasteiger partial charge in [-0.2, -0.15) is 0 Å². The first-order chi connectivity index (χ1) is 16.4. The summed E-state index contributed by atoms with van der Waals surface area (Å²) in [7, 11) is 0. The molecule has 0 saturated carbocycles. The third kappa shape index (κ3) is 5.28. The van der Waals surface area contributed by atoms with Crippen LogP contribution in [0.25, 0.3) is 11.0 Å². The number of amides is 2. The van der Waals surface area contributed by atoms with Crippen molar-refractivity contribution in [3.8, 4) is 0 Å². The maximum absolute atomic E-state index is 12.6. The first-order valence-electron chi connectivity index (χ1n) is 10.9. The van der Waals surface area contributed by atoms with Gasteiger partial charge in [0.2, 0.25) is 0 Å². The van der Waals surface area contributed by atoms with Crippen LogP contribution in [0.1, 0.15) is 35.9 Å². The van der Waals surface area contributed by atoms with E-state index in [1.54, 1.807) is 36.1 Å². The molecule has 1 aromatic carbocycles. The Kier molecular flexibility index (Phi) is 6.95. The Bertz CT molecular complexity index is 1240. The highest BCUT2D eigenvalue weighted by molar-refractivity contribution is 5.92. The zero-order chi connectivity index (χ0) is 24.1. The van der Waals surface area contributed by atoms with E-state index >= 15 is 0 Å². The number of carbonyl (C=O) groups excluding carboxylic acids is 3. The molecule has 2 amide bonds. The maximum Gasteiger partial charge on any atom is 0.411 e. The highest BCUT2D eigenvalue weighted by Crippen LogP contribution is 2.24. The quantitative estimate of drug-likeness (QED) is 0.430. The number of nitrogens with one attached hydrogen (secondary N) is 1. The lowest BCUT2D eigenvalue weighted by atomic mass is 9.97. The van der Waals surface area contributed by atoms with Crippen LogP contribution in [0.2, 0.25) is 0 Å². The Labute approximate surface area is 194 Å². The minimum atomic E-state index is -0.619. The van der Waals surface area contributed by atoms with Gasteiger partial charge in [0.15, 0.2) is 5.76 Å². The number of rotatable bonds is 6. The summed E-state index contributed by atoms with van der Waals surface area (Å²) in [5.74, 6) is -0.646. The average molecular weight is 468 g/mol. The summed E-state index contributed by atoms with van der Waals surface area (Å²) in [6.07, 6.45) is 1.78. The van der Waals surface area contributed by atoms with Crippen LogP contribution in [0.5, 0.6) is 0 Å². The van der Waals surface area contributed by atoms with Crippen molar-refractivity contribution in [2.45, 2.75) is 26.4 Å². The van der Waals surface area contributed by atoms with Gasteiger partial charge in [-0.1, -0.05) is 0 Å². The van der Waals surface area contributed by atoms with Crippen LogP contribution >= 0.6 is 0 Å². The molecule has 3 aromatic rings. The fraction of sp³-hybridized carbons (Fsp3) is 0.333. The van der Waals surface area contributed by atoms with E-state index in [9.17, 15) is 19.2 Å². The molecule has 2 aromatic heterocycles. The molecular weight excluding hydrogens is 444 g/mol. The summed E-state index contributed by atoms with van der Waals surface area (Å²) in [6.45, 7) is 2.66. The second kappa shape index (κ2) is 10.2. The largest absolute Gasteiger partial charge is 0.461 e. The Morgan fingerprint density at radius 2 is 1.91 bits per heavy atom. The topological polar surface area (TPSA) is 128 Å². The summed E-state index contributed by atoms with van der Waals surface area (Å²) in [5, 5.41) is 3.13. The van der Waals surface area contributed by atoms with Crippen LogP contribution in [0.15, 0.2) is 56.3 Å². The van der Waals surface area contributed by atoms with Crippen molar-refractivity contribution in [3.63, 3.8) is 0 Å². The normalized spacial score (nSPS) is 14.1. The number of likely N-dealkylation sites (tertiary alicyclic amines) is 1. The molecule has 0 radical (unpaired) electrons. The number of carbonyl (C=O) groups is 3. The lowest BCUT2D eigenvalue weighted by molar-refractivity contribution is -0.151. The standard InChI is InChI=1S/C24H24N2O8/c1-2-31-24(30)25-17-5-6-18-16(12-21(27)34-20(18)13-17)14-33-23(29)15-7-9-26(10-8-15)22(28)19-4-3-11-32-19/h3-6,11-13,15H,2,7-10,14H2,1H3,(H,25,30). The monoisotopic (exact) mass is 468 g/mol. The van der Waals surface area contributed by atoms with Crippen molar-refractivity contribution < 1.29 is 32.7 Å². The zero-order valence-corrected chi connectivity index (χ0v) is 18.6. The molecule has 178 valence electrons. The summed E-state index contributed by atoms with van der Waals surface area (Å²) < 4.78 is 20.7. The summed E-state index contributed by atoms with van der Waals surface area (Å²) in [6, 6.07) is 9.35. The first-order valence-corrected chi connectivity index (χ1v) is 10.9. The van der Waals surface area contributed by atoms with Crippen LogP contribution in [0, 0.1) is 5.92 Å². The number of hydrogen-bond donors (Lipinski definition) is 1. The molecule has 10 nitrogen and oxygen atoms in total. The molecule has 4 rings (SSSR count). The third-order valence-corrected chi connectivity index (χ3v) is 5.57. The summed E-state index contributed by atoms with van der Waals surface area (Å²) >= 11 is 0. The molecule has 3 heterocycles. The van der Waals surface area contributed by atoms with E-state index in [1.165, 1.54) is 18.4 Å². The van der Waals surface area contributed by atoms with Gasteiger partial charge < -0.3 is 23.2 Å².